The van der Waals surface area contributed by atoms with Gasteiger partial charge in [-0.2, -0.15) is 0 Å². The zero-order chi connectivity index (χ0) is 11.4. The molecule has 4 atom stereocenters. The second-order valence-electron chi connectivity index (χ2n) is 3.34. The molecule has 0 spiro atoms. The molecule has 4 N–H and O–H groups in total. The highest BCUT2D eigenvalue weighted by Crippen LogP contribution is 2.15. The largest absolute Gasteiger partial charge is 0.394 e. The number of amides is 1. The molecule has 0 aromatic carbocycles. The standard InChI is InChI=1S/C8H14FNO5/c9-1-6(12)10-4-3-15-5(2-11)8(14)7(4)13/h4-5,7-8,11,13-14H,1-3H2,(H,10,12)/t4-,5+,7+,8-/m0/s1. The van der Waals surface area contributed by atoms with Crippen molar-refractivity contribution in [3.63, 3.8) is 0 Å². The Bertz CT molecular complexity index is 227. The second kappa shape index (κ2) is 5.36. The zero-order valence-electron chi connectivity index (χ0n) is 7.97. The highest BCUT2D eigenvalue weighted by atomic mass is 19.1. The second-order valence-corrected chi connectivity index (χ2v) is 3.34. The van der Waals surface area contributed by atoms with Crippen molar-refractivity contribution in [3.05, 3.63) is 0 Å². The SMILES string of the molecule is O=C(CF)N[C@H]1CO[C@H](CO)[C@H](O)[C@@H]1O. The number of hydrogen-bond acceptors (Lipinski definition) is 5. The molecular weight excluding hydrogens is 209 g/mol. The van der Waals surface area contributed by atoms with Crippen LogP contribution >= 0.6 is 0 Å². The highest BCUT2D eigenvalue weighted by Gasteiger charge is 2.38. The van der Waals surface area contributed by atoms with E-state index in [9.17, 15) is 19.4 Å². The number of hydrogen-bond donors (Lipinski definition) is 4. The summed E-state index contributed by atoms with van der Waals surface area (Å²) in [7, 11) is 0. The van der Waals surface area contributed by atoms with Crippen LogP contribution in [-0.2, 0) is 9.53 Å². The number of rotatable bonds is 3. The molecule has 1 amide bonds. The van der Waals surface area contributed by atoms with Crippen molar-refractivity contribution < 1.29 is 29.2 Å². The van der Waals surface area contributed by atoms with Crippen LogP contribution in [0.25, 0.3) is 0 Å². The average molecular weight is 223 g/mol. The van der Waals surface area contributed by atoms with Gasteiger partial charge in [0.25, 0.3) is 5.91 Å². The van der Waals surface area contributed by atoms with Gasteiger partial charge < -0.3 is 25.4 Å². The first-order valence-corrected chi connectivity index (χ1v) is 4.54. The summed E-state index contributed by atoms with van der Waals surface area (Å²) in [6.07, 6.45) is -3.45. The average Bonchev–Trinajstić information content (AvgIpc) is 2.25. The summed E-state index contributed by atoms with van der Waals surface area (Å²) in [5.41, 5.74) is 0. The smallest absolute Gasteiger partial charge is 0.251 e. The van der Waals surface area contributed by atoms with E-state index < -0.39 is 43.5 Å². The molecule has 1 aliphatic heterocycles. The summed E-state index contributed by atoms with van der Waals surface area (Å²) < 4.78 is 16.8. The lowest BCUT2D eigenvalue weighted by molar-refractivity contribution is -0.164. The van der Waals surface area contributed by atoms with Gasteiger partial charge in [0.1, 0.15) is 18.3 Å². The number of halogens is 1. The monoisotopic (exact) mass is 223 g/mol. The first-order valence-electron chi connectivity index (χ1n) is 4.54. The maximum atomic E-state index is 11.9. The molecule has 88 valence electrons. The van der Waals surface area contributed by atoms with Crippen molar-refractivity contribution in [1.82, 2.24) is 5.32 Å². The van der Waals surface area contributed by atoms with Gasteiger partial charge in [0.05, 0.1) is 19.3 Å². The molecule has 0 aliphatic carbocycles. The molecule has 1 heterocycles. The Labute approximate surface area is 85.7 Å². The predicted molar refractivity (Wildman–Crippen MR) is 46.7 cm³/mol. The van der Waals surface area contributed by atoms with Crippen LogP contribution in [0.15, 0.2) is 0 Å². The van der Waals surface area contributed by atoms with Crippen molar-refractivity contribution in [3.8, 4) is 0 Å². The van der Waals surface area contributed by atoms with E-state index in [2.05, 4.69) is 5.32 Å². The molecule has 0 aromatic rings. The Balaban J connectivity index is 2.52. The lowest BCUT2D eigenvalue weighted by atomic mass is 9.98. The van der Waals surface area contributed by atoms with Gasteiger partial charge in [0.15, 0.2) is 6.67 Å². The van der Waals surface area contributed by atoms with Gasteiger partial charge in [-0.05, 0) is 0 Å². The molecule has 0 radical (unpaired) electrons. The summed E-state index contributed by atoms with van der Waals surface area (Å²) in [6, 6.07) is -0.856. The fourth-order valence-corrected chi connectivity index (χ4v) is 1.42. The van der Waals surface area contributed by atoms with Crippen LogP contribution in [0.5, 0.6) is 0 Å². The molecule has 1 aliphatic rings. The summed E-state index contributed by atoms with van der Waals surface area (Å²) >= 11 is 0. The number of ether oxygens (including phenoxy) is 1. The van der Waals surface area contributed by atoms with E-state index in [1.54, 1.807) is 0 Å². The maximum Gasteiger partial charge on any atom is 0.251 e. The van der Waals surface area contributed by atoms with Gasteiger partial charge in [-0.15, -0.1) is 0 Å². The Morgan fingerprint density at radius 1 is 1.47 bits per heavy atom. The van der Waals surface area contributed by atoms with Crippen LogP contribution in [-0.4, -0.2) is 65.5 Å². The van der Waals surface area contributed by atoms with Gasteiger partial charge in [0.2, 0.25) is 0 Å². The van der Waals surface area contributed by atoms with Gasteiger partial charge in [0, 0.05) is 0 Å². The van der Waals surface area contributed by atoms with Gasteiger partial charge in [-0.3, -0.25) is 4.79 Å². The molecule has 1 fully saturated rings. The van der Waals surface area contributed by atoms with Crippen LogP contribution in [0.3, 0.4) is 0 Å². The first kappa shape index (κ1) is 12.3. The maximum absolute atomic E-state index is 11.9. The van der Waals surface area contributed by atoms with Crippen LogP contribution in [0, 0.1) is 0 Å². The number of aliphatic hydroxyl groups is 3. The normalized spacial score (nSPS) is 36.3. The Kier molecular flexibility index (Phi) is 4.40. The summed E-state index contributed by atoms with van der Waals surface area (Å²) in [5.74, 6) is -0.878. The zero-order valence-corrected chi connectivity index (χ0v) is 7.97. The third kappa shape index (κ3) is 2.85. The highest BCUT2D eigenvalue weighted by molar-refractivity contribution is 5.77. The molecular formula is C8H14FNO5. The third-order valence-corrected chi connectivity index (χ3v) is 2.28. The molecule has 1 saturated heterocycles. The van der Waals surface area contributed by atoms with Crippen molar-refractivity contribution >= 4 is 5.91 Å². The Morgan fingerprint density at radius 2 is 2.13 bits per heavy atom. The minimum atomic E-state index is -1.30. The van der Waals surface area contributed by atoms with Gasteiger partial charge in [-0.25, -0.2) is 4.39 Å². The quantitative estimate of drug-likeness (QED) is 0.426. The van der Waals surface area contributed by atoms with Crippen molar-refractivity contribution in [2.75, 3.05) is 19.9 Å². The van der Waals surface area contributed by atoms with E-state index in [1.165, 1.54) is 0 Å². The van der Waals surface area contributed by atoms with Crippen molar-refractivity contribution in [2.24, 2.45) is 0 Å². The third-order valence-electron chi connectivity index (χ3n) is 2.28. The molecule has 7 heteroatoms. The van der Waals surface area contributed by atoms with Crippen molar-refractivity contribution in [1.29, 1.82) is 0 Å². The van der Waals surface area contributed by atoms with E-state index in [0.717, 1.165) is 0 Å². The van der Waals surface area contributed by atoms with E-state index >= 15 is 0 Å². The summed E-state index contributed by atoms with van der Waals surface area (Å²) in [4.78, 5) is 10.7. The molecule has 0 bridgehead atoms. The summed E-state index contributed by atoms with van der Waals surface area (Å²) in [6.45, 7) is -1.69. The number of aliphatic hydroxyl groups excluding tert-OH is 3. The van der Waals surface area contributed by atoms with Gasteiger partial charge in [-0.1, -0.05) is 0 Å². The number of alkyl halides is 1. The minimum Gasteiger partial charge on any atom is -0.394 e. The number of carbonyl (C=O) groups excluding carboxylic acids is 1. The number of nitrogens with one attached hydrogen (secondary N) is 1. The van der Waals surface area contributed by atoms with Crippen molar-refractivity contribution in [2.45, 2.75) is 24.4 Å². The van der Waals surface area contributed by atoms with Crippen LogP contribution in [0.1, 0.15) is 0 Å². The molecule has 0 aromatic heterocycles. The molecule has 0 saturated carbocycles. The first-order chi connectivity index (χ1) is 7.10. The van der Waals surface area contributed by atoms with E-state index in [0.29, 0.717) is 0 Å². The molecule has 15 heavy (non-hydrogen) atoms. The molecule has 1 rings (SSSR count). The lowest BCUT2D eigenvalue weighted by Crippen LogP contribution is -2.60. The van der Waals surface area contributed by atoms with Crippen LogP contribution < -0.4 is 5.32 Å². The molecule has 0 unspecified atom stereocenters. The van der Waals surface area contributed by atoms with Crippen LogP contribution in [0.2, 0.25) is 0 Å². The molecule has 6 nitrogen and oxygen atoms in total. The minimum absolute atomic E-state index is 0.0742. The van der Waals surface area contributed by atoms with E-state index in [-0.39, 0.29) is 6.61 Å². The van der Waals surface area contributed by atoms with Crippen LogP contribution in [0.4, 0.5) is 4.39 Å². The fraction of sp³-hybridized carbons (Fsp3) is 0.875. The van der Waals surface area contributed by atoms with E-state index in [4.69, 9.17) is 9.84 Å². The van der Waals surface area contributed by atoms with Gasteiger partial charge >= 0.3 is 0 Å². The Hall–Kier alpha value is -0.760. The summed E-state index contributed by atoms with van der Waals surface area (Å²) in [5, 5.41) is 29.8. The fourth-order valence-electron chi connectivity index (χ4n) is 1.42. The topological polar surface area (TPSA) is 99.0 Å². The predicted octanol–water partition coefficient (Wildman–Crippen LogP) is -2.45. The Morgan fingerprint density at radius 3 is 2.67 bits per heavy atom. The lowest BCUT2D eigenvalue weighted by Gasteiger charge is -2.36. The van der Waals surface area contributed by atoms with E-state index in [1.807, 2.05) is 0 Å². The number of carbonyl (C=O) groups is 1.